The highest BCUT2D eigenvalue weighted by molar-refractivity contribution is 5.48. The van der Waals surface area contributed by atoms with Gasteiger partial charge in [0.1, 0.15) is 17.2 Å². The lowest BCUT2D eigenvalue weighted by Gasteiger charge is -2.06. The molecule has 0 aliphatic carbocycles. The van der Waals surface area contributed by atoms with Gasteiger partial charge in [-0.15, -0.1) is 0 Å². The van der Waals surface area contributed by atoms with E-state index < -0.39 is 0 Å². The van der Waals surface area contributed by atoms with Crippen LogP contribution in [0.1, 0.15) is 12.5 Å². The highest BCUT2D eigenvalue weighted by Crippen LogP contribution is 2.32. The second-order valence-electron chi connectivity index (χ2n) is 2.50. The van der Waals surface area contributed by atoms with Gasteiger partial charge < -0.3 is 14.9 Å². The van der Waals surface area contributed by atoms with E-state index in [2.05, 4.69) is 0 Å². The number of hydrogen-bond acceptors (Lipinski definition) is 3. The van der Waals surface area contributed by atoms with Gasteiger partial charge in [0.25, 0.3) is 0 Å². The molecule has 0 saturated heterocycles. The van der Waals surface area contributed by atoms with Crippen molar-refractivity contribution in [2.75, 3.05) is 7.11 Å². The van der Waals surface area contributed by atoms with Gasteiger partial charge in [-0.3, -0.25) is 0 Å². The molecule has 66 valence electrons. The summed E-state index contributed by atoms with van der Waals surface area (Å²) in [6.45, 7) is 1.86. The van der Waals surface area contributed by atoms with Gasteiger partial charge in [0.05, 0.1) is 7.11 Å². The Bertz CT molecular complexity index is 258. The van der Waals surface area contributed by atoms with E-state index >= 15 is 0 Å². The molecule has 0 spiro atoms. The molecule has 0 bridgehead atoms. The zero-order valence-corrected chi connectivity index (χ0v) is 7.16. The van der Waals surface area contributed by atoms with Crippen LogP contribution in [0.3, 0.4) is 0 Å². The van der Waals surface area contributed by atoms with Crippen molar-refractivity contribution in [2.45, 2.75) is 13.3 Å². The lowest BCUT2D eigenvalue weighted by Crippen LogP contribution is -1.87. The summed E-state index contributed by atoms with van der Waals surface area (Å²) >= 11 is 0. The van der Waals surface area contributed by atoms with Crippen molar-refractivity contribution in [1.29, 1.82) is 0 Å². The molecular formula is C9H12O3. The number of phenols is 2. The second kappa shape index (κ2) is 3.34. The largest absolute Gasteiger partial charge is 0.507 e. The fraction of sp³-hybridized carbons (Fsp3) is 0.333. The summed E-state index contributed by atoms with van der Waals surface area (Å²) in [4.78, 5) is 0. The summed E-state index contributed by atoms with van der Waals surface area (Å²) in [5.41, 5.74) is 0.552. The highest BCUT2D eigenvalue weighted by atomic mass is 16.5. The quantitative estimate of drug-likeness (QED) is 0.706. The Morgan fingerprint density at radius 1 is 1.25 bits per heavy atom. The van der Waals surface area contributed by atoms with Gasteiger partial charge >= 0.3 is 0 Å². The first-order valence-corrected chi connectivity index (χ1v) is 3.77. The first-order valence-electron chi connectivity index (χ1n) is 3.77. The van der Waals surface area contributed by atoms with Crippen molar-refractivity contribution in [2.24, 2.45) is 0 Å². The van der Waals surface area contributed by atoms with Crippen LogP contribution in [0.15, 0.2) is 12.1 Å². The normalized spacial score (nSPS) is 9.83. The molecule has 0 aliphatic rings. The molecule has 1 rings (SSSR count). The fourth-order valence-electron chi connectivity index (χ4n) is 1.10. The Balaban J connectivity index is 3.18. The van der Waals surface area contributed by atoms with Crippen LogP contribution in [0.4, 0.5) is 0 Å². The summed E-state index contributed by atoms with van der Waals surface area (Å²) < 4.78 is 4.86. The van der Waals surface area contributed by atoms with Crippen molar-refractivity contribution in [3.8, 4) is 17.2 Å². The van der Waals surface area contributed by atoms with Crippen molar-refractivity contribution in [3.63, 3.8) is 0 Å². The number of aromatic hydroxyl groups is 2. The minimum Gasteiger partial charge on any atom is -0.507 e. The zero-order valence-electron chi connectivity index (χ0n) is 7.16. The van der Waals surface area contributed by atoms with Crippen molar-refractivity contribution in [1.82, 2.24) is 0 Å². The van der Waals surface area contributed by atoms with Crippen LogP contribution in [0.2, 0.25) is 0 Å². The van der Waals surface area contributed by atoms with Crippen LogP contribution in [-0.4, -0.2) is 17.3 Å². The average Bonchev–Trinajstić information content (AvgIpc) is 2.03. The molecule has 0 aromatic heterocycles. The Morgan fingerprint density at radius 2 is 1.75 bits per heavy atom. The maximum atomic E-state index is 9.36. The molecule has 0 atom stereocenters. The lowest BCUT2D eigenvalue weighted by atomic mass is 10.1. The first-order chi connectivity index (χ1) is 5.69. The molecule has 3 nitrogen and oxygen atoms in total. The molecule has 3 heteroatoms. The number of benzene rings is 1. The number of phenolic OH excluding ortho intramolecular Hbond substituents is 2. The van der Waals surface area contributed by atoms with Gasteiger partial charge in [0.15, 0.2) is 0 Å². The molecule has 1 aromatic rings. The maximum Gasteiger partial charge on any atom is 0.126 e. The predicted molar refractivity (Wildman–Crippen MR) is 45.7 cm³/mol. The molecule has 0 amide bonds. The van der Waals surface area contributed by atoms with Crippen LogP contribution in [0.5, 0.6) is 17.2 Å². The molecule has 0 aliphatic heterocycles. The molecule has 12 heavy (non-hydrogen) atoms. The monoisotopic (exact) mass is 168 g/mol. The number of hydrogen-bond donors (Lipinski definition) is 2. The van der Waals surface area contributed by atoms with Crippen LogP contribution in [0.25, 0.3) is 0 Å². The van der Waals surface area contributed by atoms with Gasteiger partial charge in [0, 0.05) is 17.7 Å². The van der Waals surface area contributed by atoms with Crippen molar-refractivity contribution in [3.05, 3.63) is 17.7 Å². The number of rotatable bonds is 2. The standard InChI is InChI=1S/C9H12O3/c1-3-7-8(10)4-6(12-2)5-9(7)11/h4-5,10-11H,3H2,1-2H3. The second-order valence-corrected chi connectivity index (χ2v) is 2.50. The number of ether oxygens (including phenoxy) is 1. The van der Waals surface area contributed by atoms with E-state index in [1.54, 1.807) is 0 Å². The van der Waals surface area contributed by atoms with Gasteiger partial charge in [0.2, 0.25) is 0 Å². The summed E-state index contributed by atoms with van der Waals surface area (Å²) in [6, 6.07) is 2.97. The van der Waals surface area contributed by atoms with E-state index in [0.29, 0.717) is 17.7 Å². The average molecular weight is 168 g/mol. The summed E-state index contributed by atoms with van der Waals surface area (Å²) in [5, 5.41) is 18.7. The highest BCUT2D eigenvalue weighted by Gasteiger charge is 2.07. The van der Waals surface area contributed by atoms with E-state index in [-0.39, 0.29) is 11.5 Å². The SMILES string of the molecule is CCc1c(O)cc(OC)cc1O. The maximum absolute atomic E-state index is 9.36. The third kappa shape index (κ3) is 1.44. The molecule has 0 unspecified atom stereocenters. The van der Waals surface area contributed by atoms with Crippen molar-refractivity contribution < 1.29 is 14.9 Å². The molecule has 1 aromatic carbocycles. The van der Waals surface area contributed by atoms with E-state index in [9.17, 15) is 10.2 Å². The minimum atomic E-state index is 0.0781. The molecule has 2 N–H and O–H groups in total. The van der Waals surface area contributed by atoms with Crippen LogP contribution in [0, 0.1) is 0 Å². The summed E-state index contributed by atoms with van der Waals surface area (Å²) in [5.74, 6) is 0.617. The Kier molecular flexibility index (Phi) is 2.43. The first kappa shape index (κ1) is 8.71. The van der Waals surface area contributed by atoms with E-state index in [1.165, 1.54) is 19.2 Å². The van der Waals surface area contributed by atoms with E-state index in [4.69, 9.17) is 4.74 Å². The van der Waals surface area contributed by atoms with Gasteiger partial charge in [-0.05, 0) is 6.42 Å². The Labute approximate surface area is 71.2 Å². The summed E-state index contributed by atoms with van der Waals surface area (Å²) in [7, 11) is 1.49. The Hall–Kier alpha value is -1.38. The van der Waals surface area contributed by atoms with Crippen LogP contribution < -0.4 is 4.74 Å². The fourth-order valence-corrected chi connectivity index (χ4v) is 1.10. The third-order valence-corrected chi connectivity index (χ3v) is 1.77. The number of methoxy groups -OCH3 is 1. The van der Waals surface area contributed by atoms with E-state index in [0.717, 1.165) is 0 Å². The summed E-state index contributed by atoms with van der Waals surface area (Å²) in [6.07, 6.45) is 0.599. The minimum absolute atomic E-state index is 0.0781. The van der Waals surface area contributed by atoms with Crippen LogP contribution in [-0.2, 0) is 6.42 Å². The predicted octanol–water partition coefficient (Wildman–Crippen LogP) is 1.67. The Morgan fingerprint density at radius 3 is 2.08 bits per heavy atom. The van der Waals surface area contributed by atoms with E-state index in [1.807, 2.05) is 6.92 Å². The molecule has 0 heterocycles. The zero-order chi connectivity index (χ0) is 9.14. The molecule has 0 saturated carbocycles. The third-order valence-electron chi connectivity index (χ3n) is 1.77. The topological polar surface area (TPSA) is 49.7 Å². The lowest BCUT2D eigenvalue weighted by molar-refractivity contribution is 0.394. The smallest absolute Gasteiger partial charge is 0.126 e. The van der Waals surface area contributed by atoms with Gasteiger partial charge in [-0.1, -0.05) is 6.92 Å². The van der Waals surface area contributed by atoms with Gasteiger partial charge in [-0.2, -0.15) is 0 Å². The van der Waals surface area contributed by atoms with Crippen LogP contribution >= 0.6 is 0 Å². The molecular weight excluding hydrogens is 156 g/mol. The molecule has 0 fully saturated rings. The van der Waals surface area contributed by atoms with Crippen molar-refractivity contribution >= 4 is 0 Å². The van der Waals surface area contributed by atoms with Gasteiger partial charge in [-0.25, -0.2) is 0 Å². The molecule has 0 radical (unpaired) electrons.